The Labute approximate surface area is 74.3 Å². The molecule has 0 saturated carbocycles. The van der Waals surface area contributed by atoms with E-state index in [0.29, 0.717) is 0 Å². The van der Waals surface area contributed by atoms with Crippen molar-refractivity contribution in [1.29, 1.82) is 0 Å². The minimum absolute atomic E-state index is 0.900. The molecule has 0 unspecified atom stereocenters. The molecule has 11 heavy (non-hydrogen) atoms. The molecule has 0 aliphatic rings. The van der Waals surface area contributed by atoms with Crippen molar-refractivity contribution in [3.63, 3.8) is 0 Å². The predicted molar refractivity (Wildman–Crippen MR) is 43.8 cm³/mol. The Morgan fingerprint density at radius 1 is 1.27 bits per heavy atom. The van der Waals surface area contributed by atoms with Gasteiger partial charge in [-0.25, -0.2) is 0 Å². The van der Waals surface area contributed by atoms with E-state index in [9.17, 15) is 0 Å². The Bertz CT molecular complexity index is 321. The molecule has 1 rings (SSSR count). The van der Waals surface area contributed by atoms with Crippen molar-refractivity contribution in [1.82, 2.24) is 0 Å². The molecule has 0 radical (unpaired) electrons. The fourth-order valence-electron chi connectivity index (χ4n) is 0.739. The maximum absolute atomic E-state index is 5.19. The first-order valence-electron chi connectivity index (χ1n) is 3.13. The monoisotopic (exact) mass is 181 g/mol. The summed E-state index contributed by atoms with van der Waals surface area (Å²) >= 11 is 3.08. The van der Waals surface area contributed by atoms with Gasteiger partial charge in [0.15, 0.2) is 0 Å². The quantitative estimate of drug-likeness (QED) is 0.456. The Morgan fingerprint density at radius 3 is 2.36 bits per heavy atom. The first-order valence-corrected chi connectivity index (χ1v) is 3.72. The van der Waals surface area contributed by atoms with Gasteiger partial charge >= 0.3 is 74.0 Å². The zero-order chi connectivity index (χ0) is 8.10. The fourth-order valence-corrected chi connectivity index (χ4v) is 0.935. The molecule has 0 bridgehead atoms. The SMILES string of the molecule is C#Cc1ccc(C=[C]=[Mn])cc1. The van der Waals surface area contributed by atoms with Crippen molar-refractivity contribution in [3.8, 4) is 12.3 Å². The van der Waals surface area contributed by atoms with Gasteiger partial charge < -0.3 is 0 Å². The molecule has 0 saturated heterocycles. The Balaban J connectivity index is 3.02. The summed E-state index contributed by atoms with van der Waals surface area (Å²) in [6.07, 6.45) is 7.02. The van der Waals surface area contributed by atoms with Crippen LogP contribution in [-0.2, 0) is 15.6 Å². The van der Waals surface area contributed by atoms with Crippen molar-refractivity contribution in [2.24, 2.45) is 0 Å². The van der Waals surface area contributed by atoms with Gasteiger partial charge in [-0.2, -0.15) is 0 Å². The molecule has 1 aromatic carbocycles. The van der Waals surface area contributed by atoms with Gasteiger partial charge in [0.05, 0.1) is 0 Å². The van der Waals surface area contributed by atoms with Crippen LogP contribution in [0.15, 0.2) is 24.3 Å². The molecule has 0 heterocycles. The summed E-state index contributed by atoms with van der Waals surface area (Å²) in [6.45, 7) is 0. The second-order valence-electron chi connectivity index (χ2n) is 2.02. The number of benzene rings is 1. The number of hydrogen-bond acceptors (Lipinski definition) is 0. The van der Waals surface area contributed by atoms with Gasteiger partial charge in [0.2, 0.25) is 0 Å². The topological polar surface area (TPSA) is 0 Å². The summed E-state index contributed by atoms with van der Waals surface area (Å²) in [5.41, 5.74) is 1.98. The molecule has 0 aliphatic carbocycles. The molecule has 0 amide bonds. The average Bonchev–Trinajstić information content (AvgIpc) is 2.07. The van der Waals surface area contributed by atoms with Crippen LogP contribution in [0, 0.1) is 12.3 Å². The average molecular weight is 181 g/mol. The van der Waals surface area contributed by atoms with Crippen molar-refractivity contribution < 1.29 is 15.6 Å². The van der Waals surface area contributed by atoms with E-state index in [1.54, 1.807) is 0 Å². The standard InChI is InChI=1S/C10H6.Mn/c1-3-9-5-7-10(4-2)8-6-9;/h1,4-8H;. The molecule has 0 atom stereocenters. The second kappa shape index (κ2) is 3.96. The van der Waals surface area contributed by atoms with Gasteiger partial charge in [-0.3, -0.25) is 0 Å². The van der Waals surface area contributed by atoms with Gasteiger partial charge in [-0.1, -0.05) is 0 Å². The van der Waals surface area contributed by atoms with E-state index in [1.807, 2.05) is 30.3 Å². The molecule has 0 spiro atoms. The van der Waals surface area contributed by atoms with Crippen LogP contribution in [0.3, 0.4) is 0 Å². The van der Waals surface area contributed by atoms with E-state index in [4.69, 9.17) is 6.42 Å². The van der Waals surface area contributed by atoms with Crippen LogP contribution in [0.25, 0.3) is 6.08 Å². The Hall–Kier alpha value is -1.05. The van der Waals surface area contributed by atoms with E-state index in [0.717, 1.165) is 11.1 Å². The van der Waals surface area contributed by atoms with Crippen LogP contribution in [0.5, 0.6) is 0 Å². The molecule has 53 valence electrons. The zero-order valence-corrected chi connectivity index (χ0v) is 7.02. The molecule has 0 aromatic heterocycles. The molecule has 1 aromatic rings. The predicted octanol–water partition coefficient (Wildman–Crippen LogP) is 1.63. The van der Waals surface area contributed by atoms with E-state index in [2.05, 4.69) is 26.1 Å². The minimum atomic E-state index is 0.900. The summed E-state index contributed by atoms with van der Waals surface area (Å²) in [4.78, 5) is 0. The Kier molecular flexibility index (Phi) is 2.90. The third-order valence-electron chi connectivity index (χ3n) is 1.30. The number of terminal acetylenes is 1. The molecular weight excluding hydrogens is 175 g/mol. The van der Waals surface area contributed by atoms with Gasteiger partial charge in [0.1, 0.15) is 0 Å². The second-order valence-corrected chi connectivity index (χ2v) is 2.36. The number of rotatable bonds is 1. The first kappa shape index (κ1) is 8.05. The first-order chi connectivity index (χ1) is 5.36. The fraction of sp³-hybridized carbons (Fsp3) is 0. The zero-order valence-electron chi connectivity index (χ0n) is 5.84. The van der Waals surface area contributed by atoms with Gasteiger partial charge in [0, 0.05) is 0 Å². The third-order valence-corrected chi connectivity index (χ3v) is 1.47. The molecule has 0 N–H and O–H groups in total. The summed E-state index contributed by atoms with van der Waals surface area (Å²) in [5.74, 6) is 2.55. The van der Waals surface area contributed by atoms with Crippen molar-refractivity contribution in [2.45, 2.75) is 0 Å². The van der Waals surface area contributed by atoms with Crippen molar-refractivity contribution >= 4 is 10.7 Å². The summed E-state index contributed by atoms with van der Waals surface area (Å²) in [6, 6.07) is 7.69. The maximum atomic E-state index is 5.19. The third kappa shape index (κ3) is 2.22. The van der Waals surface area contributed by atoms with Gasteiger partial charge in [-0.15, -0.1) is 0 Å². The van der Waals surface area contributed by atoms with E-state index >= 15 is 0 Å². The van der Waals surface area contributed by atoms with Gasteiger partial charge in [0.25, 0.3) is 0 Å². The van der Waals surface area contributed by atoms with Crippen LogP contribution < -0.4 is 0 Å². The molecular formula is C10H6Mn. The summed E-state index contributed by atoms with van der Waals surface area (Å²) in [5, 5.41) is 0. The summed E-state index contributed by atoms with van der Waals surface area (Å²) < 4.78 is 2.76. The molecule has 0 nitrogen and oxygen atoms in total. The Morgan fingerprint density at radius 2 is 1.91 bits per heavy atom. The van der Waals surface area contributed by atoms with Crippen LogP contribution in [0.4, 0.5) is 0 Å². The van der Waals surface area contributed by atoms with Crippen LogP contribution in [0.1, 0.15) is 11.1 Å². The van der Waals surface area contributed by atoms with Crippen LogP contribution in [0.2, 0.25) is 0 Å². The van der Waals surface area contributed by atoms with Crippen LogP contribution in [-0.4, -0.2) is 4.58 Å². The normalized spacial score (nSPS) is 7.91. The molecule has 0 fully saturated rings. The van der Waals surface area contributed by atoms with Crippen LogP contribution >= 0.6 is 0 Å². The molecule has 1 heteroatoms. The van der Waals surface area contributed by atoms with E-state index < -0.39 is 0 Å². The van der Waals surface area contributed by atoms with Crippen molar-refractivity contribution in [2.75, 3.05) is 0 Å². The number of hydrogen-bond donors (Lipinski definition) is 0. The van der Waals surface area contributed by atoms with Crippen molar-refractivity contribution in [3.05, 3.63) is 35.4 Å². The van der Waals surface area contributed by atoms with Gasteiger partial charge in [-0.05, 0) is 0 Å². The molecule has 0 aliphatic heterocycles. The van der Waals surface area contributed by atoms with E-state index in [1.165, 1.54) is 0 Å². The summed E-state index contributed by atoms with van der Waals surface area (Å²) in [7, 11) is 0. The van der Waals surface area contributed by atoms with E-state index in [-0.39, 0.29) is 0 Å².